The summed E-state index contributed by atoms with van der Waals surface area (Å²) in [5.41, 5.74) is 3.48. The van der Waals surface area contributed by atoms with E-state index in [0.717, 1.165) is 23.0 Å². The fraction of sp³-hybridized carbons (Fsp3) is 0.125. The number of methoxy groups -OCH3 is 1. The van der Waals surface area contributed by atoms with Crippen molar-refractivity contribution in [2.75, 3.05) is 7.11 Å². The van der Waals surface area contributed by atoms with E-state index >= 15 is 0 Å². The van der Waals surface area contributed by atoms with Crippen molar-refractivity contribution in [3.8, 4) is 11.1 Å². The predicted octanol–water partition coefficient (Wildman–Crippen LogP) is 5.10. The van der Waals surface area contributed by atoms with E-state index < -0.39 is 0 Å². The van der Waals surface area contributed by atoms with Crippen molar-refractivity contribution in [2.45, 2.75) is 6.92 Å². The zero-order valence-corrected chi connectivity index (χ0v) is 13.8. The van der Waals surface area contributed by atoms with Gasteiger partial charge in [0.05, 0.1) is 12.1 Å². The maximum absolute atomic E-state index is 11.4. The number of carbonyl (C=O) groups is 1. The Bertz CT molecular complexity index is 726. The van der Waals surface area contributed by atoms with Crippen LogP contribution in [-0.2, 0) is 4.74 Å². The normalized spacial score (nSPS) is 10.3. The third kappa shape index (κ3) is 3.10. The quantitative estimate of drug-likeness (QED) is 0.575. The predicted molar refractivity (Wildman–Crippen MR) is 90.7 cm³/mol. The Labute approximate surface area is 138 Å². The van der Waals surface area contributed by atoms with Crippen LogP contribution in [0.15, 0.2) is 30.3 Å². The van der Waals surface area contributed by atoms with Gasteiger partial charge in [-0.1, -0.05) is 35.3 Å². The van der Waals surface area contributed by atoms with Gasteiger partial charge in [-0.3, -0.25) is 4.79 Å². The van der Waals surface area contributed by atoms with E-state index in [0.29, 0.717) is 26.2 Å². The number of thiocarbonyl (C=S) groups is 1. The monoisotopic (exact) mass is 338 g/mol. The molecule has 0 radical (unpaired) electrons. The molecule has 0 spiro atoms. The van der Waals surface area contributed by atoms with Crippen molar-refractivity contribution in [1.82, 2.24) is 0 Å². The molecule has 2 nitrogen and oxygen atoms in total. The summed E-state index contributed by atoms with van der Waals surface area (Å²) in [7, 11) is 1.51. The molecule has 0 N–H and O–H groups in total. The van der Waals surface area contributed by atoms with Crippen LogP contribution in [0.5, 0.6) is 0 Å². The van der Waals surface area contributed by atoms with E-state index in [4.69, 9.17) is 40.2 Å². The molecule has 2 aromatic carbocycles. The molecule has 2 aromatic rings. The summed E-state index contributed by atoms with van der Waals surface area (Å²) in [6.45, 7) is 1.93. The van der Waals surface area contributed by atoms with E-state index in [1.54, 1.807) is 12.1 Å². The average Bonchev–Trinajstić information content (AvgIpc) is 2.46. The maximum atomic E-state index is 11.4. The molecule has 0 aliphatic rings. The highest BCUT2D eigenvalue weighted by Crippen LogP contribution is 2.37. The molecule has 0 atom stereocenters. The van der Waals surface area contributed by atoms with Gasteiger partial charge in [-0.15, -0.1) is 0 Å². The van der Waals surface area contributed by atoms with Crippen LogP contribution in [-0.4, -0.2) is 18.4 Å². The lowest BCUT2D eigenvalue weighted by Gasteiger charge is -2.16. The van der Waals surface area contributed by atoms with Crippen LogP contribution in [0.25, 0.3) is 11.1 Å². The highest BCUT2D eigenvalue weighted by Gasteiger charge is 2.18. The van der Waals surface area contributed by atoms with Crippen LogP contribution < -0.4 is 0 Å². The Kier molecular flexibility index (Phi) is 4.99. The molecule has 0 aliphatic heterocycles. The number of aryl methyl sites for hydroxylation is 1. The highest BCUT2D eigenvalue weighted by molar-refractivity contribution is 7.80. The van der Waals surface area contributed by atoms with E-state index in [2.05, 4.69) is 0 Å². The maximum Gasteiger partial charge on any atom is 0.191 e. The fourth-order valence-electron chi connectivity index (χ4n) is 2.23. The van der Waals surface area contributed by atoms with Crippen molar-refractivity contribution < 1.29 is 9.53 Å². The van der Waals surface area contributed by atoms with Crippen LogP contribution >= 0.6 is 35.4 Å². The van der Waals surface area contributed by atoms with Gasteiger partial charge in [0, 0.05) is 21.7 Å². The number of ether oxygens (including phenoxy) is 1. The molecule has 0 aromatic heterocycles. The zero-order chi connectivity index (χ0) is 15.6. The van der Waals surface area contributed by atoms with Crippen LogP contribution in [0, 0.1) is 6.92 Å². The van der Waals surface area contributed by atoms with Gasteiger partial charge in [0.2, 0.25) is 0 Å². The minimum absolute atomic E-state index is 0.344. The fourth-order valence-corrected chi connectivity index (χ4v) is 3.00. The summed E-state index contributed by atoms with van der Waals surface area (Å²) in [6.07, 6.45) is 0.735. The van der Waals surface area contributed by atoms with Crippen LogP contribution in [0.4, 0.5) is 0 Å². The summed E-state index contributed by atoms with van der Waals surface area (Å²) in [5, 5.41) is 1.16. The second kappa shape index (κ2) is 6.56. The lowest BCUT2D eigenvalue weighted by atomic mass is 9.92. The van der Waals surface area contributed by atoms with Crippen molar-refractivity contribution >= 4 is 46.8 Å². The zero-order valence-electron chi connectivity index (χ0n) is 11.4. The van der Waals surface area contributed by atoms with Crippen molar-refractivity contribution in [1.29, 1.82) is 0 Å². The van der Waals surface area contributed by atoms with Crippen LogP contribution in [0.3, 0.4) is 0 Å². The van der Waals surface area contributed by atoms with E-state index in [9.17, 15) is 4.79 Å². The summed E-state index contributed by atoms with van der Waals surface area (Å²) in [4.78, 5) is 11.4. The largest absolute Gasteiger partial charge is 0.486 e. The molecule has 0 fully saturated rings. The van der Waals surface area contributed by atoms with Gasteiger partial charge in [0.15, 0.2) is 11.3 Å². The molecule has 108 valence electrons. The summed E-state index contributed by atoms with van der Waals surface area (Å²) >= 11 is 17.5. The SMILES string of the molecule is COC(=S)c1cccc(C)c1-c1c(Cl)cc(Cl)cc1C=O. The summed E-state index contributed by atoms with van der Waals surface area (Å²) < 4.78 is 5.16. The third-order valence-corrected chi connectivity index (χ3v) is 4.04. The molecule has 2 rings (SSSR count). The molecule has 0 unspecified atom stereocenters. The number of carbonyl (C=O) groups excluding carboxylic acids is 1. The second-order valence-electron chi connectivity index (χ2n) is 4.46. The molecule has 0 aliphatic carbocycles. The lowest BCUT2D eigenvalue weighted by Crippen LogP contribution is -2.05. The first-order chi connectivity index (χ1) is 9.99. The van der Waals surface area contributed by atoms with Crippen LogP contribution in [0.2, 0.25) is 10.0 Å². The number of hydrogen-bond donors (Lipinski definition) is 0. The Balaban J connectivity index is 2.85. The molecule has 0 heterocycles. The molecular formula is C16H12Cl2O2S. The topological polar surface area (TPSA) is 26.3 Å². The Morgan fingerprint density at radius 3 is 2.57 bits per heavy atom. The van der Waals surface area contributed by atoms with Gasteiger partial charge in [-0.05, 0) is 48.5 Å². The Morgan fingerprint density at radius 2 is 1.95 bits per heavy atom. The van der Waals surface area contributed by atoms with Crippen molar-refractivity contribution in [3.05, 3.63) is 57.1 Å². The minimum Gasteiger partial charge on any atom is -0.486 e. The molecule has 5 heteroatoms. The van der Waals surface area contributed by atoms with Crippen molar-refractivity contribution in [2.24, 2.45) is 0 Å². The van der Waals surface area contributed by atoms with Crippen molar-refractivity contribution in [3.63, 3.8) is 0 Å². The van der Waals surface area contributed by atoms with E-state index in [1.807, 2.05) is 25.1 Å². The van der Waals surface area contributed by atoms with Gasteiger partial charge in [-0.25, -0.2) is 0 Å². The Hall–Kier alpha value is -1.42. The van der Waals surface area contributed by atoms with Gasteiger partial charge >= 0.3 is 0 Å². The molecular weight excluding hydrogens is 327 g/mol. The number of halogens is 2. The van der Waals surface area contributed by atoms with Gasteiger partial charge in [0.25, 0.3) is 0 Å². The second-order valence-corrected chi connectivity index (χ2v) is 5.67. The third-order valence-electron chi connectivity index (χ3n) is 3.14. The number of rotatable bonds is 3. The minimum atomic E-state index is 0.344. The van der Waals surface area contributed by atoms with Gasteiger partial charge in [0.1, 0.15) is 0 Å². The lowest BCUT2D eigenvalue weighted by molar-refractivity contribution is 0.112. The molecule has 0 saturated carbocycles. The standard InChI is InChI=1S/C16H12Cl2O2S/c1-9-4-3-5-12(16(21)20-2)14(9)15-10(8-19)6-11(17)7-13(15)18/h3-8H,1-2H3. The number of hydrogen-bond acceptors (Lipinski definition) is 3. The number of benzene rings is 2. The molecule has 0 saturated heterocycles. The molecule has 0 bridgehead atoms. The summed E-state index contributed by atoms with van der Waals surface area (Å²) in [5.74, 6) is 0. The first-order valence-electron chi connectivity index (χ1n) is 6.12. The van der Waals surface area contributed by atoms with Gasteiger partial charge in [-0.2, -0.15) is 0 Å². The Morgan fingerprint density at radius 1 is 1.24 bits per heavy atom. The van der Waals surface area contributed by atoms with E-state index in [1.165, 1.54) is 7.11 Å². The molecule has 21 heavy (non-hydrogen) atoms. The molecule has 0 amide bonds. The van der Waals surface area contributed by atoms with Gasteiger partial charge < -0.3 is 4.74 Å². The smallest absolute Gasteiger partial charge is 0.191 e. The van der Waals surface area contributed by atoms with E-state index in [-0.39, 0.29) is 0 Å². The van der Waals surface area contributed by atoms with Crippen LogP contribution in [0.1, 0.15) is 21.5 Å². The highest BCUT2D eigenvalue weighted by atomic mass is 35.5. The first kappa shape index (κ1) is 16.0. The first-order valence-corrected chi connectivity index (χ1v) is 7.28. The average molecular weight is 339 g/mol. The summed E-state index contributed by atoms with van der Waals surface area (Å²) in [6, 6.07) is 8.84. The number of aldehydes is 1.